The zero-order chi connectivity index (χ0) is 15.1. The molecule has 0 spiro atoms. The van der Waals surface area contributed by atoms with Crippen molar-refractivity contribution in [2.75, 3.05) is 18.0 Å². The van der Waals surface area contributed by atoms with E-state index < -0.39 is 0 Å². The molecule has 2 heterocycles. The Balaban J connectivity index is 1.88. The van der Waals surface area contributed by atoms with Crippen LogP contribution in [0, 0.1) is 0 Å². The molecule has 0 bridgehead atoms. The van der Waals surface area contributed by atoms with Crippen LogP contribution in [0.25, 0.3) is 0 Å². The van der Waals surface area contributed by atoms with Gasteiger partial charge in [-0.15, -0.1) is 0 Å². The topological polar surface area (TPSA) is 66.5 Å². The fourth-order valence-electron chi connectivity index (χ4n) is 2.40. The second-order valence-corrected chi connectivity index (χ2v) is 5.73. The Kier molecular flexibility index (Phi) is 5.84. The molecule has 1 aromatic heterocycles. The minimum Gasteiger partial charge on any atom is -0.370 e. The Labute approximate surface area is 127 Å². The van der Waals surface area contributed by atoms with E-state index in [0.29, 0.717) is 18.5 Å². The van der Waals surface area contributed by atoms with Gasteiger partial charge < -0.3 is 16.0 Å². The smallest absolute Gasteiger partial charge is 0.189 e. The van der Waals surface area contributed by atoms with Crippen molar-refractivity contribution in [1.29, 1.82) is 0 Å². The second-order valence-electron chi connectivity index (χ2n) is 5.73. The number of pyridine rings is 1. The molecular weight excluding hydrogens is 262 g/mol. The van der Waals surface area contributed by atoms with Crippen LogP contribution in [0.1, 0.15) is 45.1 Å². The van der Waals surface area contributed by atoms with Crippen molar-refractivity contribution in [3.05, 3.63) is 23.9 Å². The predicted molar refractivity (Wildman–Crippen MR) is 88.5 cm³/mol. The maximum Gasteiger partial charge on any atom is 0.189 e. The third kappa shape index (κ3) is 4.92. The quantitative estimate of drug-likeness (QED) is 0.644. The number of hydrogen-bond donors (Lipinski definition) is 2. The number of nitrogens with zero attached hydrogens (tertiary/aromatic N) is 3. The third-order valence-electron chi connectivity index (χ3n) is 3.93. The zero-order valence-electron chi connectivity index (χ0n) is 13.2. The summed E-state index contributed by atoms with van der Waals surface area (Å²) in [5.41, 5.74) is 6.94. The van der Waals surface area contributed by atoms with Crippen LogP contribution < -0.4 is 16.0 Å². The maximum atomic E-state index is 5.86. The molecular formula is C16H27N5. The van der Waals surface area contributed by atoms with Crippen molar-refractivity contribution in [1.82, 2.24) is 10.3 Å². The third-order valence-corrected chi connectivity index (χ3v) is 3.93. The van der Waals surface area contributed by atoms with Gasteiger partial charge in [-0.05, 0) is 44.2 Å². The molecule has 1 aliphatic rings. The lowest BCUT2D eigenvalue weighted by atomic mass is 10.1. The molecule has 0 aromatic carbocycles. The van der Waals surface area contributed by atoms with Gasteiger partial charge in [0.2, 0.25) is 0 Å². The van der Waals surface area contributed by atoms with Crippen LogP contribution in [-0.4, -0.2) is 30.1 Å². The van der Waals surface area contributed by atoms with Crippen LogP contribution in [0.4, 0.5) is 5.82 Å². The molecule has 116 valence electrons. The number of rotatable bonds is 5. The van der Waals surface area contributed by atoms with Gasteiger partial charge in [0, 0.05) is 25.3 Å². The van der Waals surface area contributed by atoms with E-state index in [-0.39, 0.29) is 0 Å². The molecule has 1 saturated heterocycles. The summed E-state index contributed by atoms with van der Waals surface area (Å²) in [5, 5.41) is 3.16. The van der Waals surface area contributed by atoms with Crippen LogP contribution in [0.3, 0.4) is 0 Å². The van der Waals surface area contributed by atoms with Crippen molar-refractivity contribution in [2.45, 2.75) is 52.1 Å². The van der Waals surface area contributed by atoms with Crippen LogP contribution >= 0.6 is 0 Å². The minimum absolute atomic E-state index is 0.355. The summed E-state index contributed by atoms with van der Waals surface area (Å²) in [7, 11) is 0. The summed E-state index contributed by atoms with van der Waals surface area (Å²) in [5.74, 6) is 1.58. The van der Waals surface area contributed by atoms with Gasteiger partial charge in [-0.25, -0.2) is 9.98 Å². The molecule has 1 atom stereocenters. The van der Waals surface area contributed by atoms with Gasteiger partial charge in [-0.3, -0.25) is 0 Å². The number of aromatic nitrogens is 1. The highest BCUT2D eigenvalue weighted by Crippen LogP contribution is 2.17. The SMILES string of the molecule is CCC(C)NC(N)=NCc1ccc(N2CCCCC2)nc1. The lowest BCUT2D eigenvalue weighted by Gasteiger charge is -2.27. The predicted octanol–water partition coefficient (Wildman–Crippen LogP) is 2.27. The van der Waals surface area contributed by atoms with Gasteiger partial charge in [0.25, 0.3) is 0 Å². The Morgan fingerprint density at radius 2 is 2.14 bits per heavy atom. The zero-order valence-corrected chi connectivity index (χ0v) is 13.2. The van der Waals surface area contributed by atoms with Gasteiger partial charge >= 0.3 is 0 Å². The normalized spacial score (nSPS) is 17.6. The first-order valence-electron chi connectivity index (χ1n) is 7.95. The lowest BCUT2D eigenvalue weighted by Crippen LogP contribution is -2.38. The molecule has 2 rings (SSSR count). The number of nitrogens with one attached hydrogen (secondary N) is 1. The number of guanidine groups is 1. The monoisotopic (exact) mass is 289 g/mol. The van der Waals surface area contributed by atoms with Crippen molar-refractivity contribution >= 4 is 11.8 Å². The Hall–Kier alpha value is -1.78. The van der Waals surface area contributed by atoms with E-state index in [4.69, 9.17) is 5.73 Å². The molecule has 3 N–H and O–H groups in total. The molecule has 21 heavy (non-hydrogen) atoms. The average molecular weight is 289 g/mol. The molecule has 1 fully saturated rings. The van der Waals surface area contributed by atoms with Crippen molar-refractivity contribution in [3.63, 3.8) is 0 Å². The van der Waals surface area contributed by atoms with E-state index in [9.17, 15) is 0 Å². The number of aliphatic imine (C=N–C) groups is 1. The van der Waals surface area contributed by atoms with Crippen molar-refractivity contribution < 1.29 is 0 Å². The van der Waals surface area contributed by atoms with Gasteiger partial charge in [0.05, 0.1) is 6.54 Å². The molecule has 1 aromatic rings. The second kappa shape index (κ2) is 7.86. The molecule has 1 unspecified atom stereocenters. The highest BCUT2D eigenvalue weighted by Gasteiger charge is 2.11. The first-order chi connectivity index (χ1) is 10.2. The summed E-state index contributed by atoms with van der Waals surface area (Å²) < 4.78 is 0. The van der Waals surface area contributed by atoms with Gasteiger partial charge in [-0.2, -0.15) is 0 Å². The lowest BCUT2D eigenvalue weighted by molar-refractivity contribution is 0.573. The van der Waals surface area contributed by atoms with Gasteiger partial charge in [-0.1, -0.05) is 13.0 Å². The number of hydrogen-bond acceptors (Lipinski definition) is 3. The first-order valence-corrected chi connectivity index (χ1v) is 7.95. The van der Waals surface area contributed by atoms with Crippen LogP contribution in [0.5, 0.6) is 0 Å². The molecule has 0 radical (unpaired) electrons. The molecule has 0 aliphatic carbocycles. The highest BCUT2D eigenvalue weighted by atomic mass is 15.2. The summed E-state index contributed by atoms with van der Waals surface area (Å²) in [6.07, 6.45) is 6.81. The summed E-state index contributed by atoms with van der Waals surface area (Å²) in [6, 6.07) is 4.54. The van der Waals surface area contributed by atoms with E-state index in [1.807, 2.05) is 6.20 Å². The Morgan fingerprint density at radius 1 is 1.38 bits per heavy atom. The van der Waals surface area contributed by atoms with Crippen molar-refractivity contribution in [2.24, 2.45) is 10.7 Å². The molecule has 5 nitrogen and oxygen atoms in total. The van der Waals surface area contributed by atoms with Crippen LogP contribution in [-0.2, 0) is 6.54 Å². The van der Waals surface area contributed by atoms with Gasteiger partial charge in [0.1, 0.15) is 5.82 Å². The number of nitrogens with two attached hydrogens (primary N) is 1. The fourth-order valence-corrected chi connectivity index (χ4v) is 2.40. The summed E-state index contributed by atoms with van der Waals surface area (Å²) in [4.78, 5) is 11.3. The minimum atomic E-state index is 0.355. The Bertz CT molecular complexity index is 448. The van der Waals surface area contributed by atoms with Gasteiger partial charge in [0.15, 0.2) is 5.96 Å². The fraction of sp³-hybridized carbons (Fsp3) is 0.625. The average Bonchev–Trinajstić information content (AvgIpc) is 2.54. The molecule has 1 aliphatic heterocycles. The number of anilines is 1. The standard InChI is InChI=1S/C16H27N5/c1-3-13(2)20-16(17)19-12-14-7-8-15(18-11-14)21-9-5-4-6-10-21/h7-8,11,13H,3-6,9-10,12H2,1-2H3,(H3,17,19,20). The Morgan fingerprint density at radius 3 is 2.76 bits per heavy atom. The highest BCUT2D eigenvalue weighted by molar-refractivity contribution is 5.78. The van der Waals surface area contributed by atoms with E-state index in [1.165, 1.54) is 19.3 Å². The van der Waals surface area contributed by atoms with Crippen molar-refractivity contribution in [3.8, 4) is 0 Å². The summed E-state index contributed by atoms with van der Waals surface area (Å²) in [6.45, 7) is 7.03. The first kappa shape index (κ1) is 15.6. The number of piperidine rings is 1. The summed E-state index contributed by atoms with van der Waals surface area (Å²) >= 11 is 0. The molecule has 0 saturated carbocycles. The van der Waals surface area contributed by atoms with E-state index in [0.717, 1.165) is 30.9 Å². The maximum absolute atomic E-state index is 5.86. The van der Waals surface area contributed by atoms with Crippen LogP contribution in [0.15, 0.2) is 23.3 Å². The largest absolute Gasteiger partial charge is 0.370 e. The van der Waals surface area contributed by atoms with Crippen LogP contribution in [0.2, 0.25) is 0 Å². The van der Waals surface area contributed by atoms with E-state index in [2.05, 4.69) is 46.2 Å². The van der Waals surface area contributed by atoms with E-state index >= 15 is 0 Å². The molecule has 5 heteroatoms. The molecule has 0 amide bonds. The van der Waals surface area contributed by atoms with E-state index in [1.54, 1.807) is 0 Å².